The highest BCUT2D eigenvalue weighted by atomic mass is 19.4. The van der Waals surface area contributed by atoms with Gasteiger partial charge in [-0.15, -0.1) is 0 Å². The van der Waals surface area contributed by atoms with Crippen LogP contribution in [-0.2, 0) is 9.78 Å². The van der Waals surface area contributed by atoms with E-state index < -0.39 is 25.3 Å². The molecule has 0 aromatic heterocycles. The second-order valence-electron chi connectivity index (χ2n) is 1.82. The minimum Gasteiger partial charge on any atom is -0.224 e. The molecule has 0 spiro atoms. The lowest BCUT2D eigenvalue weighted by Gasteiger charge is -2.18. The highest BCUT2D eigenvalue weighted by Crippen LogP contribution is 2.35. The SMILES string of the molecule is FC(F)OOCC(F)(F)C(F)(F)F. The highest BCUT2D eigenvalue weighted by molar-refractivity contribution is 4.74. The van der Waals surface area contributed by atoms with Crippen LogP contribution in [0.15, 0.2) is 0 Å². The molecule has 0 aliphatic rings. The smallest absolute Gasteiger partial charge is 0.224 e. The second kappa shape index (κ2) is 4.09. The molecule has 2 nitrogen and oxygen atoms in total. The largest absolute Gasteiger partial charge is 0.455 e. The summed E-state index contributed by atoms with van der Waals surface area (Å²) in [4.78, 5) is 5.73. The van der Waals surface area contributed by atoms with Crippen LogP contribution in [0.1, 0.15) is 0 Å². The third kappa shape index (κ3) is 4.27. The minimum absolute atomic E-state index is 2.30. The van der Waals surface area contributed by atoms with Gasteiger partial charge in [0.05, 0.1) is 0 Å². The lowest BCUT2D eigenvalue weighted by molar-refractivity contribution is -0.418. The third-order valence-electron chi connectivity index (χ3n) is 0.796. The van der Waals surface area contributed by atoms with Gasteiger partial charge >= 0.3 is 18.7 Å². The van der Waals surface area contributed by atoms with E-state index in [9.17, 15) is 30.7 Å². The first kappa shape index (κ1) is 12.4. The summed E-state index contributed by atoms with van der Waals surface area (Å²) in [5.41, 5.74) is 0. The standard InChI is InChI=1S/C4H3F7O2/c5-2(6)13-12-1-3(7,8)4(9,10)11/h2H,1H2. The van der Waals surface area contributed by atoms with Gasteiger partial charge in [0.1, 0.15) is 0 Å². The average molecular weight is 216 g/mol. The van der Waals surface area contributed by atoms with E-state index in [1.54, 1.807) is 0 Å². The van der Waals surface area contributed by atoms with Crippen LogP contribution in [0, 0.1) is 0 Å². The van der Waals surface area contributed by atoms with Crippen LogP contribution in [0.5, 0.6) is 0 Å². The molecule has 80 valence electrons. The zero-order chi connectivity index (χ0) is 10.7. The van der Waals surface area contributed by atoms with Gasteiger partial charge in [0.2, 0.25) is 0 Å². The Labute approximate surface area is 67.1 Å². The summed E-state index contributed by atoms with van der Waals surface area (Å²) in [7, 11) is 0. The summed E-state index contributed by atoms with van der Waals surface area (Å²) in [5.74, 6) is -5.21. The Morgan fingerprint density at radius 1 is 1.00 bits per heavy atom. The zero-order valence-corrected chi connectivity index (χ0v) is 5.75. The van der Waals surface area contributed by atoms with E-state index in [0.717, 1.165) is 0 Å². The lowest BCUT2D eigenvalue weighted by atomic mass is 10.3. The van der Waals surface area contributed by atoms with E-state index in [4.69, 9.17) is 0 Å². The molecule has 0 aromatic carbocycles. The Balaban J connectivity index is 3.90. The van der Waals surface area contributed by atoms with Crippen LogP contribution in [0.3, 0.4) is 0 Å². The van der Waals surface area contributed by atoms with E-state index in [0.29, 0.717) is 0 Å². The van der Waals surface area contributed by atoms with Crippen molar-refractivity contribution in [1.29, 1.82) is 0 Å². The maximum absolute atomic E-state index is 11.8. The molecule has 0 aromatic rings. The van der Waals surface area contributed by atoms with Crippen molar-refractivity contribution in [2.45, 2.75) is 18.7 Å². The minimum atomic E-state index is -5.85. The number of hydrogen-bond donors (Lipinski definition) is 0. The quantitative estimate of drug-likeness (QED) is 0.408. The van der Waals surface area contributed by atoms with Crippen LogP contribution in [0.4, 0.5) is 30.7 Å². The fourth-order valence-corrected chi connectivity index (χ4v) is 0.241. The molecule has 0 radical (unpaired) electrons. The van der Waals surface area contributed by atoms with Gasteiger partial charge in [-0.2, -0.15) is 35.6 Å². The molecule has 0 saturated heterocycles. The molecule has 13 heavy (non-hydrogen) atoms. The molecular weight excluding hydrogens is 213 g/mol. The van der Waals surface area contributed by atoms with E-state index >= 15 is 0 Å². The molecule has 0 fully saturated rings. The molecule has 0 atom stereocenters. The van der Waals surface area contributed by atoms with Crippen molar-refractivity contribution in [3.05, 3.63) is 0 Å². The number of halogens is 7. The molecule has 9 heteroatoms. The molecule has 0 heterocycles. The normalized spacial score (nSPS) is 13.8. The fraction of sp³-hybridized carbons (Fsp3) is 1.00. The molecule has 0 N–H and O–H groups in total. The third-order valence-corrected chi connectivity index (χ3v) is 0.796. The molecular formula is C4H3F7O2. The molecule has 0 saturated carbocycles. The van der Waals surface area contributed by atoms with Gasteiger partial charge in [-0.3, -0.25) is 0 Å². The van der Waals surface area contributed by atoms with Gasteiger partial charge in [0, 0.05) is 0 Å². The van der Waals surface area contributed by atoms with Crippen LogP contribution < -0.4 is 0 Å². The Morgan fingerprint density at radius 2 is 1.46 bits per heavy atom. The van der Waals surface area contributed by atoms with Crippen molar-refractivity contribution in [3.8, 4) is 0 Å². The molecule has 0 aliphatic heterocycles. The van der Waals surface area contributed by atoms with Crippen LogP contribution in [-0.4, -0.2) is 25.3 Å². The summed E-state index contributed by atoms with van der Waals surface area (Å²) in [6.45, 7) is -5.87. The van der Waals surface area contributed by atoms with Crippen molar-refractivity contribution >= 4 is 0 Å². The molecule has 0 rings (SSSR count). The van der Waals surface area contributed by atoms with Gasteiger partial charge in [0.25, 0.3) is 0 Å². The van der Waals surface area contributed by atoms with Crippen molar-refractivity contribution in [2.75, 3.05) is 6.61 Å². The number of hydrogen-bond acceptors (Lipinski definition) is 2. The molecule has 0 unspecified atom stereocenters. The van der Waals surface area contributed by atoms with E-state index in [1.807, 2.05) is 0 Å². The van der Waals surface area contributed by atoms with Gasteiger partial charge < -0.3 is 0 Å². The first-order chi connectivity index (χ1) is 5.67. The fourth-order valence-electron chi connectivity index (χ4n) is 0.241. The Morgan fingerprint density at radius 3 is 1.77 bits per heavy atom. The van der Waals surface area contributed by atoms with Gasteiger partial charge in [-0.25, -0.2) is 4.89 Å². The Kier molecular flexibility index (Phi) is 3.91. The summed E-state index contributed by atoms with van der Waals surface area (Å²) in [6.07, 6.45) is -5.85. The lowest BCUT2D eigenvalue weighted by Crippen LogP contribution is -2.40. The van der Waals surface area contributed by atoms with Gasteiger partial charge in [-0.1, -0.05) is 0 Å². The number of alkyl halides is 7. The summed E-state index contributed by atoms with van der Waals surface area (Å²) < 4.78 is 79.5. The van der Waals surface area contributed by atoms with Gasteiger partial charge in [-0.05, 0) is 0 Å². The summed E-state index contributed by atoms with van der Waals surface area (Å²) in [5, 5.41) is 0. The van der Waals surface area contributed by atoms with Crippen LogP contribution in [0.2, 0.25) is 0 Å². The van der Waals surface area contributed by atoms with E-state index in [1.165, 1.54) is 0 Å². The predicted octanol–water partition coefficient (Wildman–Crippen LogP) is 2.35. The zero-order valence-electron chi connectivity index (χ0n) is 5.75. The first-order valence-electron chi connectivity index (χ1n) is 2.68. The van der Waals surface area contributed by atoms with Crippen molar-refractivity contribution in [2.24, 2.45) is 0 Å². The topological polar surface area (TPSA) is 18.5 Å². The monoisotopic (exact) mass is 216 g/mol. The van der Waals surface area contributed by atoms with Crippen LogP contribution >= 0.6 is 0 Å². The van der Waals surface area contributed by atoms with Gasteiger partial charge in [0.15, 0.2) is 6.61 Å². The maximum atomic E-state index is 11.8. The van der Waals surface area contributed by atoms with Crippen LogP contribution in [0.25, 0.3) is 0 Å². The Bertz CT molecular complexity index is 153. The van der Waals surface area contributed by atoms with Crippen molar-refractivity contribution in [3.63, 3.8) is 0 Å². The Hall–Kier alpha value is -0.570. The molecule has 0 bridgehead atoms. The summed E-state index contributed by atoms with van der Waals surface area (Å²) in [6, 6.07) is 0. The first-order valence-corrected chi connectivity index (χ1v) is 2.68. The van der Waals surface area contributed by atoms with E-state index in [-0.39, 0.29) is 0 Å². The highest BCUT2D eigenvalue weighted by Gasteiger charge is 2.58. The number of rotatable bonds is 4. The molecule has 0 amide bonds. The predicted molar refractivity (Wildman–Crippen MR) is 24.0 cm³/mol. The average Bonchev–Trinajstić information content (AvgIpc) is 1.82. The van der Waals surface area contributed by atoms with Crippen molar-refractivity contribution in [1.82, 2.24) is 0 Å². The van der Waals surface area contributed by atoms with E-state index in [2.05, 4.69) is 9.78 Å². The summed E-state index contributed by atoms with van der Waals surface area (Å²) >= 11 is 0. The van der Waals surface area contributed by atoms with Crippen molar-refractivity contribution < 1.29 is 40.5 Å². The second-order valence-corrected chi connectivity index (χ2v) is 1.82. The maximum Gasteiger partial charge on any atom is 0.455 e. The molecule has 0 aliphatic carbocycles.